The van der Waals surface area contributed by atoms with Gasteiger partial charge in [0, 0.05) is 12.8 Å². The fourth-order valence-electron chi connectivity index (χ4n) is 2.95. The highest BCUT2D eigenvalue weighted by molar-refractivity contribution is 6.74. The van der Waals surface area contributed by atoms with Gasteiger partial charge in [0.2, 0.25) is 0 Å². The van der Waals surface area contributed by atoms with Crippen LogP contribution in [0.15, 0.2) is 35.4 Å². The lowest BCUT2D eigenvalue weighted by atomic mass is 9.89. The molecule has 0 aliphatic heterocycles. The molecule has 0 N–H and O–H groups in total. The summed E-state index contributed by atoms with van der Waals surface area (Å²) in [6.45, 7) is 15.9. The number of carbonyl (C=O) groups excluding carboxylic acids is 1. The zero-order chi connectivity index (χ0) is 19.5. The van der Waals surface area contributed by atoms with Crippen molar-refractivity contribution >= 4 is 14.6 Å². The van der Waals surface area contributed by atoms with Crippen LogP contribution < -0.4 is 0 Å². The predicted octanol–water partition coefficient (Wildman–Crippen LogP) is 5.58. The van der Waals surface area contributed by atoms with Crippen LogP contribution >= 0.6 is 0 Å². The van der Waals surface area contributed by atoms with E-state index in [1.807, 2.05) is 6.92 Å². The third-order valence-electron chi connectivity index (χ3n) is 5.91. The van der Waals surface area contributed by atoms with Crippen molar-refractivity contribution in [2.75, 3.05) is 0 Å². The van der Waals surface area contributed by atoms with Crippen LogP contribution in [-0.2, 0) is 20.6 Å². The highest BCUT2D eigenvalue weighted by Crippen LogP contribution is 2.40. The van der Waals surface area contributed by atoms with Gasteiger partial charge in [0.1, 0.15) is 6.29 Å². The van der Waals surface area contributed by atoms with Gasteiger partial charge < -0.3 is 9.16 Å². The van der Waals surface area contributed by atoms with Crippen LogP contribution in [0.1, 0.15) is 51.7 Å². The third-order valence-corrected chi connectivity index (χ3v) is 10.4. The first-order chi connectivity index (χ1) is 12.0. The quantitative estimate of drug-likeness (QED) is 0.482. The molecule has 0 saturated heterocycles. The lowest BCUT2D eigenvalue weighted by Crippen LogP contribution is -2.46. The van der Waals surface area contributed by atoms with Crippen LogP contribution in [0.4, 0.5) is 0 Å². The molecule has 0 saturated carbocycles. The minimum Gasteiger partial charge on any atom is -0.410 e. The Morgan fingerprint density at radius 2 is 1.77 bits per heavy atom. The van der Waals surface area contributed by atoms with Gasteiger partial charge in [0.25, 0.3) is 0 Å². The average molecular weight is 375 g/mol. The molecule has 0 spiro atoms. The number of ether oxygens (including phenoxy) is 1. The van der Waals surface area contributed by atoms with Crippen LogP contribution in [0.2, 0.25) is 18.1 Å². The summed E-state index contributed by atoms with van der Waals surface area (Å²) < 4.78 is 12.8. The van der Waals surface area contributed by atoms with Gasteiger partial charge in [-0.3, -0.25) is 4.79 Å². The molecular formula is C22H34O3Si. The molecule has 1 unspecified atom stereocenters. The highest BCUT2D eigenvalue weighted by atomic mass is 28.4. The molecule has 144 valence electrons. The van der Waals surface area contributed by atoms with Crippen molar-refractivity contribution < 1.29 is 14.0 Å². The van der Waals surface area contributed by atoms with Gasteiger partial charge in [-0.25, -0.2) is 0 Å². The van der Waals surface area contributed by atoms with Crippen molar-refractivity contribution in [1.29, 1.82) is 0 Å². The molecule has 1 aromatic carbocycles. The minimum atomic E-state index is -1.90. The van der Waals surface area contributed by atoms with Crippen molar-refractivity contribution in [2.45, 2.75) is 84.4 Å². The Labute approximate surface area is 159 Å². The summed E-state index contributed by atoms with van der Waals surface area (Å²) in [5, 5.41) is 0.143. The predicted molar refractivity (Wildman–Crippen MR) is 110 cm³/mol. The summed E-state index contributed by atoms with van der Waals surface area (Å²) in [5.74, 6) is 0. The summed E-state index contributed by atoms with van der Waals surface area (Å²) in [7, 11) is -1.90. The largest absolute Gasteiger partial charge is 0.410 e. The fourth-order valence-corrected chi connectivity index (χ4v) is 4.29. The maximum absolute atomic E-state index is 11.6. The lowest BCUT2D eigenvalue weighted by molar-refractivity contribution is -0.105. The molecule has 0 bridgehead atoms. The van der Waals surface area contributed by atoms with E-state index in [1.165, 1.54) is 5.56 Å². The van der Waals surface area contributed by atoms with E-state index in [4.69, 9.17) is 9.16 Å². The van der Waals surface area contributed by atoms with Crippen molar-refractivity contribution in [1.82, 2.24) is 0 Å². The maximum atomic E-state index is 11.6. The van der Waals surface area contributed by atoms with Gasteiger partial charge in [0.05, 0.1) is 18.8 Å². The van der Waals surface area contributed by atoms with E-state index < -0.39 is 8.32 Å². The number of hydrogen-bond acceptors (Lipinski definition) is 3. The molecule has 1 aliphatic carbocycles. The Morgan fingerprint density at radius 3 is 2.31 bits per heavy atom. The van der Waals surface area contributed by atoms with Gasteiger partial charge in [-0.05, 0) is 48.7 Å². The molecule has 26 heavy (non-hydrogen) atoms. The van der Waals surface area contributed by atoms with E-state index in [2.05, 4.69) is 65.1 Å². The topological polar surface area (TPSA) is 35.5 Å². The Balaban J connectivity index is 2.09. The van der Waals surface area contributed by atoms with Crippen LogP contribution in [0.25, 0.3) is 0 Å². The Kier molecular flexibility index (Phi) is 6.64. The number of carbonyl (C=O) groups is 1. The highest BCUT2D eigenvalue weighted by Gasteiger charge is 2.41. The number of aldehydes is 1. The van der Waals surface area contributed by atoms with E-state index in [-0.39, 0.29) is 17.2 Å². The SMILES string of the molecule is CC1=C(C=O)C[C@@H](OCc2ccc(C)cc2)CC1O[Si](C)(C)C(C)(C)C. The Hall–Kier alpha value is -1.23. The summed E-state index contributed by atoms with van der Waals surface area (Å²) in [6.07, 6.45) is 2.49. The standard InChI is InChI=1S/C22H34O3Si/c1-16-8-10-18(11-9-16)15-24-20-12-19(14-23)17(2)21(13-20)25-26(6,7)22(3,4)5/h8-11,14,20-21H,12-13,15H2,1-7H3/t20-,21?/m1/s1. The van der Waals surface area contributed by atoms with Gasteiger partial charge in [0.15, 0.2) is 8.32 Å². The molecule has 0 heterocycles. The number of rotatable bonds is 6. The van der Waals surface area contributed by atoms with Gasteiger partial charge >= 0.3 is 0 Å². The first-order valence-electron chi connectivity index (χ1n) is 9.53. The van der Waals surface area contributed by atoms with Gasteiger partial charge in [-0.1, -0.05) is 50.6 Å². The van der Waals surface area contributed by atoms with Crippen molar-refractivity contribution in [3.63, 3.8) is 0 Å². The monoisotopic (exact) mass is 374 g/mol. The molecule has 4 heteroatoms. The normalized spacial score (nSPS) is 21.8. The molecule has 0 aromatic heterocycles. The van der Waals surface area contributed by atoms with Gasteiger partial charge in [-0.15, -0.1) is 0 Å². The zero-order valence-corrected chi connectivity index (χ0v) is 18.4. The molecular weight excluding hydrogens is 340 g/mol. The Bertz CT molecular complexity index is 653. The van der Waals surface area contributed by atoms with E-state index in [1.54, 1.807) is 0 Å². The van der Waals surface area contributed by atoms with Crippen molar-refractivity contribution in [2.24, 2.45) is 0 Å². The Morgan fingerprint density at radius 1 is 1.15 bits per heavy atom. The second kappa shape index (κ2) is 8.20. The fraction of sp³-hybridized carbons (Fsp3) is 0.591. The smallest absolute Gasteiger partial charge is 0.192 e. The van der Waals surface area contributed by atoms with Gasteiger partial charge in [-0.2, -0.15) is 0 Å². The number of aryl methyl sites for hydroxylation is 1. The molecule has 0 fully saturated rings. The second-order valence-corrected chi connectivity index (χ2v) is 13.8. The molecule has 0 amide bonds. The van der Waals surface area contributed by atoms with Crippen molar-refractivity contribution in [3.8, 4) is 0 Å². The second-order valence-electron chi connectivity index (χ2n) is 9.05. The van der Waals surface area contributed by atoms with Crippen LogP contribution in [0, 0.1) is 6.92 Å². The van der Waals surface area contributed by atoms with Crippen LogP contribution in [0.3, 0.4) is 0 Å². The zero-order valence-electron chi connectivity index (χ0n) is 17.4. The van der Waals surface area contributed by atoms with Crippen LogP contribution in [-0.4, -0.2) is 26.8 Å². The first kappa shape index (κ1) is 21.1. The van der Waals surface area contributed by atoms with E-state index in [9.17, 15) is 4.79 Å². The van der Waals surface area contributed by atoms with Crippen molar-refractivity contribution in [3.05, 3.63) is 46.5 Å². The summed E-state index contributed by atoms with van der Waals surface area (Å²) in [4.78, 5) is 11.6. The minimum absolute atomic E-state index is 0.0205. The molecule has 3 nitrogen and oxygen atoms in total. The van der Waals surface area contributed by atoms with Crippen LogP contribution in [0.5, 0.6) is 0 Å². The number of benzene rings is 1. The molecule has 2 atom stereocenters. The third kappa shape index (κ3) is 5.15. The summed E-state index contributed by atoms with van der Waals surface area (Å²) >= 11 is 0. The molecule has 0 radical (unpaired) electrons. The van der Waals surface area contributed by atoms with E-state index >= 15 is 0 Å². The number of hydrogen-bond donors (Lipinski definition) is 0. The van der Waals surface area contributed by atoms with E-state index in [0.717, 1.165) is 29.4 Å². The first-order valence-corrected chi connectivity index (χ1v) is 12.4. The molecule has 1 aromatic rings. The summed E-state index contributed by atoms with van der Waals surface area (Å²) in [6, 6.07) is 8.40. The lowest BCUT2D eigenvalue weighted by Gasteiger charge is -2.42. The molecule has 1 aliphatic rings. The average Bonchev–Trinajstić information content (AvgIpc) is 2.55. The summed E-state index contributed by atoms with van der Waals surface area (Å²) in [5.41, 5.74) is 4.33. The maximum Gasteiger partial charge on any atom is 0.192 e. The molecule has 2 rings (SSSR count). The van der Waals surface area contributed by atoms with E-state index in [0.29, 0.717) is 13.0 Å².